The number of hydrogen-bond donors (Lipinski definition) is 0. The summed E-state index contributed by atoms with van der Waals surface area (Å²) >= 11 is 0. The van der Waals surface area contributed by atoms with E-state index in [2.05, 4.69) is 25.7 Å². The zero-order chi connectivity index (χ0) is 19.0. The summed E-state index contributed by atoms with van der Waals surface area (Å²) in [5, 5.41) is 0. The minimum Gasteiger partial charge on any atom is -0.368 e. The highest BCUT2D eigenvalue weighted by Crippen LogP contribution is 2.34. The van der Waals surface area contributed by atoms with Gasteiger partial charge in [-0.1, -0.05) is 59.3 Å². The molecule has 0 aromatic heterocycles. The quantitative estimate of drug-likeness (QED) is 0.392. The second-order valence-corrected chi connectivity index (χ2v) is 8.60. The van der Waals surface area contributed by atoms with Gasteiger partial charge in [-0.25, -0.2) is 8.78 Å². The van der Waals surface area contributed by atoms with Gasteiger partial charge >= 0.3 is 0 Å². The van der Waals surface area contributed by atoms with Crippen molar-refractivity contribution in [1.29, 1.82) is 0 Å². The predicted octanol–water partition coefficient (Wildman–Crippen LogP) is 7.35. The first-order valence-electron chi connectivity index (χ1n) is 10.7. The Kier molecular flexibility index (Phi) is 8.37. The van der Waals surface area contributed by atoms with Gasteiger partial charge in [0.25, 0.3) is 0 Å². The number of hydrogen-bond acceptors (Lipinski definition) is 1. The Morgan fingerprint density at radius 3 is 2.42 bits per heavy atom. The Bertz CT molecular complexity index is 539. The molecule has 26 heavy (non-hydrogen) atoms. The third kappa shape index (κ3) is 6.25. The molecular weight excluding hydrogens is 328 g/mol. The molecule has 0 radical (unpaired) electrons. The molecule has 0 bridgehead atoms. The molecule has 1 aromatic rings. The molecule has 0 amide bonds. The van der Waals surface area contributed by atoms with E-state index in [9.17, 15) is 8.78 Å². The van der Waals surface area contributed by atoms with E-state index < -0.39 is 11.6 Å². The molecule has 0 N–H and O–H groups in total. The first kappa shape index (κ1) is 21.2. The molecule has 0 aliphatic heterocycles. The van der Waals surface area contributed by atoms with Crippen molar-refractivity contribution in [2.45, 2.75) is 85.0 Å². The van der Waals surface area contributed by atoms with Crippen LogP contribution in [0.25, 0.3) is 0 Å². The summed E-state index contributed by atoms with van der Waals surface area (Å²) < 4.78 is 28.0. The molecule has 1 saturated carbocycles. The largest absolute Gasteiger partial charge is 0.368 e. The molecule has 0 spiro atoms. The van der Waals surface area contributed by atoms with E-state index >= 15 is 0 Å². The molecule has 1 aromatic carbocycles. The number of benzene rings is 1. The third-order valence-corrected chi connectivity index (χ3v) is 6.26. The van der Waals surface area contributed by atoms with Crippen molar-refractivity contribution in [3.63, 3.8) is 0 Å². The van der Waals surface area contributed by atoms with E-state index in [0.29, 0.717) is 11.6 Å². The van der Waals surface area contributed by atoms with E-state index in [1.165, 1.54) is 63.9 Å². The van der Waals surface area contributed by atoms with Gasteiger partial charge in [0.1, 0.15) is 11.6 Å². The van der Waals surface area contributed by atoms with Gasteiger partial charge in [0, 0.05) is 19.2 Å². The molecule has 1 aliphatic carbocycles. The Hall–Kier alpha value is -1.12. The van der Waals surface area contributed by atoms with Crippen molar-refractivity contribution < 1.29 is 8.78 Å². The SMILES string of the molecule is CCCCCC(C)(CC)CN(CC1CCCCC1)c1ccc(F)cc1F. The molecule has 1 unspecified atom stereocenters. The average molecular weight is 366 g/mol. The van der Waals surface area contributed by atoms with E-state index in [1.54, 1.807) is 6.07 Å². The van der Waals surface area contributed by atoms with E-state index in [1.807, 2.05) is 0 Å². The Morgan fingerprint density at radius 2 is 1.81 bits per heavy atom. The van der Waals surface area contributed by atoms with Crippen molar-refractivity contribution in [1.82, 2.24) is 0 Å². The van der Waals surface area contributed by atoms with Gasteiger partial charge in [0.2, 0.25) is 0 Å². The smallest absolute Gasteiger partial charge is 0.149 e. The van der Waals surface area contributed by atoms with E-state index in [-0.39, 0.29) is 5.41 Å². The topological polar surface area (TPSA) is 3.24 Å². The van der Waals surface area contributed by atoms with Gasteiger partial charge in [0.15, 0.2) is 0 Å². The maximum absolute atomic E-state index is 14.6. The normalized spacial score (nSPS) is 17.9. The lowest BCUT2D eigenvalue weighted by atomic mass is 9.80. The molecule has 1 atom stereocenters. The fourth-order valence-corrected chi connectivity index (χ4v) is 4.30. The second-order valence-electron chi connectivity index (χ2n) is 8.60. The lowest BCUT2D eigenvalue weighted by Gasteiger charge is -2.39. The van der Waals surface area contributed by atoms with Gasteiger partial charge in [-0.3, -0.25) is 0 Å². The van der Waals surface area contributed by atoms with Crippen molar-refractivity contribution in [2.75, 3.05) is 18.0 Å². The molecule has 0 saturated heterocycles. The highest BCUT2D eigenvalue weighted by atomic mass is 19.1. The summed E-state index contributed by atoms with van der Waals surface area (Å²) in [6.45, 7) is 8.55. The second kappa shape index (κ2) is 10.3. The molecule has 2 rings (SSSR count). The Labute approximate surface area is 159 Å². The van der Waals surface area contributed by atoms with Gasteiger partial charge in [-0.05, 0) is 49.1 Å². The average Bonchev–Trinajstić information content (AvgIpc) is 2.62. The van der Waals surface area contributed by atoms with Crippen LogP contribution in [0.4, 0.5) is 14.5 Å². The standard InChI is InChI=1S/C23H37F2N/c1-4-6-10-15-23(3,5-2)18-26(17-19-11-8-7-9-12-19)22-14-13-20(24)16-21(22)25/h13-14,16,19H,4-12,15,17-18H2,1-3H3. The molecule has 3 heteroatoms. The molecule has 1 nitrogen and oxygen atoms in total. The van der Waals surface area contributed by atoms with E-state index in [0.717, 1.165) is 25.6 Å². The minimum atomic E-state index is -0.495. The number of anilines is 1. The minimum absolute atomic E-state index is 0.171. The van der Waals surface area contributed by atoms with Crippen molar-refractivity contribution in [3.8, 4) is 0 Å². The molecule has 1 aliphatic rings. The maximum atomic E-state index is 14.6. The molecule has 0 heterocycles. The van der Waals surface area contributed by atoms with Crippen LogP contribution in [0.2, 0.25) is 0 Å². The van der Waals surface area contributed by atoms with Gasteiger partial charge < -0.3 is 4.90 Å². The van der Waals surface area contributed by atoms with Crippen LogP contribution in [0.5, 0.6) is 0 Å². The van der Waals surface area contributed by atoms with E-state index in [4.69, 9.17) is 0 Å². The monoisotopic (exact) mass is 365 g/mol. The van der Waals surface area contributed by atoms with Crippen LogP contribution < -0.4 is 4.90 Å². The Balaban J connectivity index is 2.17. The Morgan fingerprint density at radius 1 is 1.08 bits per heavy atom. The van der Waals surface area contributed by atoms with Crippen molar-refractivity contribution >= 4 is 5.69 Å². The first-order chi connectivity index (χ1) is 12.5. The molecule has 148 valence electrons. The summed E-state index contributed by atoms with van der Waals surface area (Å²) in [5.74, 6) is -0.289. The number of rotatable bonds is 10. The van der Waals surface area contributed by atoms with Gasteiger partial charge in [0.05, 0.1) is 5.69 Å². The van der Waals surface area contributed by atoms with Crippen LogP contribution >= 0.6 is 0 Å². The summed E-state index contributed by atoms with van der Waals surface area (Å²) in [6, 6.07) is 4.06. The lowest BCUT2D eigenvalue weighted by molar-refractivity contribution is 0.264. The van der Waals surface area contributed by atoms with Gasteiger partial charge in [-0.2, -0.15) is 0 Å². The summed E-state index contributed by atoms with van der Waals surface area (Å²) in [4.78, 5) is 2.22. The highest BCUT2D eigenvalue weighted by molar-refractivity contribution is 5.48. The fourth-order valence-electron chi connectivity index (χ4n) is 4.30. The van der Waals surface area contributed by atoms with Crippen LogP contribution in [-0.2, 0) is 0 Å². The zero-order valence-corrected chi connectivity index (χ0v) is 17.0. The van der Waals surface area contributed by atoms with Crippen molar-refractivity contribution in [2.24, 2.45) is 11.3 Å². The van der Waals surface area contributed by atoms with Crippen LogP contribution in [0.15, 0.2) is 18.2 Å². The number of halogens is 2. The summed E-state index contributed by atoms with van der Waals surface area (Å²) in [7, 11) is 0. The van der Waals surface area contributed by atoms with Crippen LogP contribution in [0, 0.1) is 23.0 Å². The number of unbranched alkanes of at least 4 members (excludes halogenated alkanes) is 2. The predicted molar refractivity (Wildman–Crippen MR) is 108 cm³/mol. The number of nitrogens with zero attached hydrogens (tertiary/aromatic N) is 1. The highest BCUT2D eigenvalue weighted by Gasteiger charge is 2.28. The molecular formula is C23H37F2N. The third-order valence-electron chi connectivity index (χ3n) is 6.26. The van der Waals surface area contributed by atoms with Crippen molar-refractivity contribution in [3.05, 3.63) is 29.8 Å². The van der Waals surface area contributed by atoms with Crippen LogP contribution in [-0.4, -0.2) is 13.1 Å². The van der Waals surface area contributed by atoms with Gasteiger partial charge in [-0.15, -0.1) is 0 Å². The maximum Gasteiger partial charge on any atom is 0.149 e. The fraction of sp³-hybridized carbons (Fsp3) is 0.739. The first-order valence-corrected chi connectivity index (χ1v) is 10.7. The van der Waals surface area contributed by atoms with Crippen LogP contribution in [0.1, 0.15) is 85.0 Å². The lowest BCUT2D eigenvalue weighted by Crippen LogP contribution is -2.39. The molecule has 1 fully saturated rings. The summed E-state index contributed by atoms with van der Waals surface area (Å²) in [6.07, 6.45) is 12.3. The van der Waals surface area contributed by atoms with Crippen LogP contribution in [0.3, 0.4) is 0 Å². The summed E-state index contributed by atoms with van der Waals surface area (Å²) in [5.41, 5.74) is 0.747. The zero-order valence-electron chi connectivity index (χ0n) is 17.0.